The van der Waals surface area contributed by atoms with Crippen LogP contribution in [-0.2, 0) is 20.9 Å². The quantitative estimate of drug-likeness (QED) is 0.717. The third-order valence-electron chi connectivity index (χ3n) is 3.05. The maximum Gasteiger partial charge on any atom is 0.329 e. The SMILES string of the molecule is O=C(O)COCCNC(=O)CCn1ccc2ccccc21. The van der Waals surface area contributed by atoms with Gasteiger partial charge in [-0.3, -0.25) is 4.79 Å². The van der Waals surface area contributed by atoms with Gasteiger partial charge in [0.1, 0.15) is 6.61 Å². The number of amides is 1. The molecule has 0 spiro atoms. The van der Waals surface area contributed by atoms with E-state index in [0.717, 1.165) is 10.9 Å². The summed E-state index contributed by atoms with van der Waals surface area (Å²) < 4.78 is 6.87. The van der Waals surface area contributed by atoms with E-state index in [1.54, 1.807) is 0 Å². The van der Waals surface area contributed by atoms with E-state index in [9.17, 15) is 9.59 Å². The first kappa shape index (κ1) is 15.1. The Kier molecular flexibility index (Phi) is 5.34. The number of hydrogen-bond donors (Lipinski definition) is 2. The Hall–Kier alpha value is -2.34. The van der Waals surface area contributed by atoms with E-state index in [-0.39, 0.29) is 19.1 Å². The van der Waals surface area contributed by atoms with E-state index in [1.807, 2.05) is 41.1 Å². The van der Waals surface area contributed by atoms with Gasteiger partial charge in [0, 0.05) is 31.2 Å². The van der Waals surface area contributed by atoms with E-state index in [0.29, 0.717) is 19.5 Å². The fraction of sp³-hybridized carbons (Fsp3) is 0.333. The second-order valence-corrected chi connectivity index (χ2v) is 4.61. The van der Waals surface area contributed by atoms with Crippen LogP contribution in [0, 0.1) is 0 Å². The molecule has 6 heteroatoms. The number of nitrogens with one attached hydrogen (secondary N) is 1. The average molecular weight is 290 g/mol. The number of carbonyl (C=O) groups excluding carboxylic acids is 1. The summed E-state index contributed by atoms with van der Waals surface area (Å²) in [5, 5.41) is 12.2. The van der Waals surface area contributed by atoms with Gasteiger partial charge < -0.3 is 19.7 Å². The summed E-state index contributed by atoms with van der Waals surface area (Å²) >= 11 is 0. The van der Waals surface area contributed by atoms with Gasteiger partial charge in [-0.25, -0.2) is 4.79 Å². The number of fused-ring (bicyclic) bond motifs is 1. The van der Waals surface area contributed by atoms with Gasteiger partial charge in [-0.2, -0.15) is 0 Å². The lowest BCUT2D eigenvalue weighted by atomic mass is 10.2. The van der Waals surface area contributed by atoms with E-state index in [2.05, 4.69) is 5.32 Å². The highest BCUT2D eigenvalue weighted by molar-refractivity contribution is 5.80. The zero-order valence-electron chi connectivity index (χ0n) is 11.6. The molecule has 0 aliphatic rings. The Labute approximate surface area is 122 Å². The molecule has 0 saturated carbocycles. The molecular formula is C15H18N2O4. The fourth-order valence-electron chi connectivity index (χ4n) is 2.07. The predicted octanol–water partition coefficient (Wildman–Crippen LogP) is 1.25. The highest BCUT2D eigenvalue weighted by Crippen LogP contribution is 2.15. The number of nitrogens with zero attached hydrogens (tertiary/aromatic N) is 1. The van der Waals surface area contributed by atoms with Crippen LogP contribution in [0.3, 0.4) is 0 Å². The summed E-state index contributed by atoms with van der Waals surface area (Å²) in [6.45, 7) is 0.781. The van der Waals surface area contributed by atoms with Crippen LogP contribution in [0.2, 0.25) is 0 Å². The lowest BCUT2D eigenvalue weighted by Crippen LogP contribution is -2.28. The number of benzene rings is 1. The molecule has 0 radical (unpaired) electrons. The minimum absolute atomic E-state index is 0.0771. The van der Waals surface area contributed by atoms with Gasteiger partial charge in [0.15, 0.2) is 0 Å². The average Bonchev–Trinajstić information content (AvgIpc) is 2.87. The smallest absolute Gasteiger partial charge is 0.329 e. The summed E-state index contributed by atoms with van der Waals surface area (Å²) in [5.41, 5.74) is 1.11. The monoisotopic (exact) mass is 290 g/mol. The van der Waals surface area contributed by atoms with Gasteiger partial charge in [0.2, 0.25) is 5.91 Å². The molecule has 2 aromatic rings. The molecule has 0 saturated heterocycles. The number of aromatic nitrogens is 1. The summed E-state index contributed by atoms with van der Waals surface area (Å²) in [6.07, 6.45) is 2.34. The van der Waals surface area contributed by atoms with Crippen LogP contribution in [0.1, 0.15) is 6.42 Å². The van der Waals surface area contributed by atoms with Crippen molar-refractivity contribution >= 4 is 22.8 Å². The molecule has 21 heavy (non-hydrogen) atoms. The molecule has 0 aliphatic heterocycles. The Morgan fingerprint density at radius 3 is 2.86 bits per heavy atom. The van der Waals surface area contributed by atoms with E-state index < -0.39 is 5.97 Å². The van der Waals surface area contributed by atoms with Crippen molar-refractivity contribution < 1.29 is 19.4 Å². The summed E-state index contributed by atoms with van der Waals surface area (Å²) in [4.78, 5) is 21.9. The molecule has 0 aliphatic carbocycles. The van der Waals surface area contributed by atoms with Gasteiger partial charge in [0.25, 0.3) is 0 Å². The number of carboxylic acid groups (broad SMARTS) is 1. The molecule has 1 heterocycles. The molecule has 1 aromatic heterocycles. The van der Waals surface area contributed by atoms with E-state index in [1.165, 1.54) is 0 Å². The van der Waals surface area contributed by atoms with Crippen molar-refractivity contribution in [2.24, 2.45) is 0 Å². The van der Waals surface area contributed by atoms with Gasteiger partial charge in [-0.05, 0) is 17.5 Å². The minimum atomic E-state index is -1.01. The predicted molar refractivity (Wildman–Crippen MR) is 78.0 cm³/mol. The third kappa shape index (κ3) is 4.61. The number of aliphatic carboxylic acids is 1. The lowest BCUT2D eigenvalue weighted by molar-refractivity contribution is -0.142. The topological polar surface area (TPSA) is 80.6 Å². The second kappa shape index (κ2) is 7.44. The highest BCUT2D eigenvalue weighted by atomic mass is 16.5. The maximum absolute atomic E-state index is 11.7. The summed E-state index contributed by atoms with van der Waals surface area (Å²) in [5.74, 6) is -1.09. The highest BCUT2D eigenvalue weighted by Gasteiger charge is 2.04. The Morgan fingerprint density at radius 2 is 2.05 bits per heavy atom. The van der Waals surface area contributed by atoms with Crippen LogP contribution in [0.4, 0.5) is 0 Å². The van der Waals surface area contributed by atoms with Crippen LogP contribution < -0.4 is 5.32 Å². The second-order valence-electron chi connectivity index (χ2n) is 4.61. The molecule has 0 atom stereocenters. The zero-order chi connectivity index (χ0) is 15.1. The molecule has 0 fully saturated rings. The normalized spacial score (nSPS) is 10.7. The number of rotatable bonds is 8. The van der Waals surface area contributed by atoms with Crippen LogP contribution >= 0.6 is 0 Å². The Morgan fingerprint density at radius 1 is 1.24 bits per heavy atom. The number of para-hydroxylation sites is 1. The number of aryl methyl sites for hydroxylation is 1. The number of hydrogen-bond acceptors (Lipinski definition) is 3. The molecule has 6 nitrogen and oxygen atoms in total. The van der Waals surface area contributed by atoms with Crippen molar-refractivity contribution in [3.8, 4) is 0 Å². The molecule has 2 rings (SSSR count). The first-order valence-corrected chi connectivity index (χ1v) is 6.77. The molecule has 112 valence electrons. The molecular weight excluding hydrogens is 272 g/mol. The van der Waals surface area contributed by atoms with E-state index >= 15 is 0 Å². The van der Waals surface area contributed by atoms with Crippen molar-refractivity contribution in [1.82, 2.24) is 9.88 Å². The third-order valence-corrected chi connectivity index (χ3v) is 3.05. The molecule has 1 amide bonds. The Bertz CT molecular complexity index is 621. The van der Waals surface area contributed by atoms with Crippen LogP contribution in [-0.4, -0.2) is 41.3 Å². The van der Waals surface area contributed by atoms with Crippen molar-refractivity contribution in [2.45, 2.75) is 13.0 Å². The van der Waals surface area contributed by atoms with Gasteiger partial charge in [0.05, 0.1) is 6.61 Å². The molecule has 0 unspecified atom stereocenters. The van der Waals surface area contributed by atoms with Crippen LogP contribution in [0.5, 0.6) is 0 Å². The lowest BCUT2D eigenvalue weighted by Gasteiger charge is -2.07. The first-order valence-electron chi connectivity index (χ1n) is 6.77. The zero-order valence-corrected chi connectivity index (χ0v) is 11.6. The van der Waals surface area contributed by atoms with Crippen LogP contribution in [0.15, 0.2) is 36.5 Å². The summed E-state index contributed by atoms with van der Waals surface area (Å²) in [7, 11) is 0. The van der Waals surface area contributed by atoms with E-state index in [4.69, 9.17) is 9.84 Å². The minimum Gasteiger partial charge on any atom is -0.480 e. The van der Waals surface area contributed by atoms with Crippen molar-refractivity contribution in [3.63, 3.8) is 0 Å². The van der Waals surface area contributed by atoms with Crippen LogP contribution in [0.25, 0.3) is 10.9 Å². The number of carboxylic acids is 1. The molecule has 1 aromatic carbocycles. The van der Waals surface area contributed by atoms with Gasteiger partial charge in [-0.15, -0.1) is 0 Å². The standard InChI is InChI=1S/C15H18N2O4/c18-14(16-7-10-21-11-15(19)20)6-9-17-8-5-12-3-1-2-4-13(12)17/h1-5,8H,6-7,9-11H2,(H,16,18)(H,19,20). The van der Waals surface area contributed by atoms with Gasteiger partial charge >= 0.3 is 5.97 Å². The maximum atomic E-state index is 11.7. The largest absolute Gasteiger partial charge is 0.480 e. The Balaban J connectivity index is 1.70. The van der Waals surface area contributed by atoms with Crippen molar-refractivity contribution in [1.29, 1.82) is 0 Å². The summed E-state index contributed by atoms with van der Waals surface area (Å²) in [6, 6.07) is 10.0. The van der Waals surface area contributed by atoms with Crippen molar-refractivity contribution in [2.75, 3.05) is 19.8 Å². The number of carbonyl (C=O) groups is 2. The fourth-order valence-corrected chi connectivity index (χ4v) is 2.07. The van der Waals surface area contributed by atoms with Gasteiger partial charge in [-0.1, -0.05) is 18.2 Å². The van der Waals surface area contributed by atoms with Crippen molar-refractivity contribution in [3.05, 3.63) is 36.5 Å². The first-order chi connectivity index (χ1) is 10.2. The number of ether oxygens (including phenoxy) is 1. The molecule has 0 bridgehead atoms. The molecule has 2 N–H and O–H groups in total.